The largest absolute Gasteiger partial charge is 0.368 e. The highest BCUT2D eigenvalue weighted by Gasteiger charge is 2.06. The summed E-state index contributed by atoms with van der Waals surface area (Å²) in [6.07, 6.45) is 0.384. The van der Waals surface area contributed by atoms with Gasteiger partial charge >= 0.3 is 0 Å². The van der Waals surface area contributed by atoms with E-state index in [0.717, 1.165) is 0 Å². The van der Waals surface area contributed by atoms with Crippen molar-refractivity contribution >= 4 is 11.9 Å². The van der Waals surface area contributed by atoms with E-state index in [-0.39, 0.29) is 6.04 Å². The van der Waals surface area contributed by atoms with Crippen molar-refractivity contribution < 1.29 is 0 Å². The van der Waals surface area contributed by atoms with Crippen molar-refractivity contribution in [2.75, 3.05) is 11.1 Å². The lowest BCUT2D eigenvalue weighted by Crippen LogP contribution is -2.11. The Morgan fingerprint density at radius 1 is 1.64 bits per heavy atom. The highest BCUT2D eigenvalue weighted by atomic mass is 15.4. The molecule has 0 aliphatic carbocycles. The summed E-state index contributed by atoms with van der Waals surface area (Å²) >= 11 is 0. The summed E-state index contributed by atoms with van der Waals surface area (Å²) in [6.45, 7) is 4.47. The van der Waals surface area contributed by atoms with E-state index >= 15 is 0 Å². The number of rotatable bonds is 4. The molecule has 0 aliphatic rings. The van der Waals surface area contributed by atoms with Crippen LogP contribution in [0.4, 0.5) is 11.9 Å². The van der Waals surface area contributed by atoms with Crippen LogP contribution in [0.15, 0.2) is 0 Å². The number of nitrogen functional groups attached to an aromatic ring is 1. The van der Waals surface area contributed by atoms with Crippen LogP contribution in [0.1, 0.15) is 20.3 Å². The Kier molecular flexibility index (Phi) is 3.29. The molecule has 6 heteroatoms. The number of nitrogens with zero attached hydrogens (tertiary/aromatic N) is 4. The minimum atomic E-state index is 0.265. The second-order valence-corrected chi connectivity index (χ2v) is 3.22. The minimum Gasteiger partial charge on any atom is -0.368 e. The van der Waals surface area contributed by atoms with E-state index in [1.165, 1.54) is 4.68 Å². The lowest BCUT2D eigenvalue weighted by atomic mass is 10.4. The van der Waals surface area contributed by atoms with E-state index in [4.69, 9.17) is 11.0 Å². The monoisotopic (exact) mass is 194 g/mol. The van der Waals surface area contributed by atoms with Gasteiger partial charge in [-0.1, -0.05) is 0 Å². The summed E-state index contributed by atoms with van der Waals surface area (Å²) in [5.41, 5.74) is 5.60. The molecule has 0 aromatic carbocycles. The molecule has 0 bridgehead atoms. The van der Waals surface area contributed by atoms with Gasteiger partial charge in [0.05, 0.1) is 19.0 Å². The second kappa shape index (κ2) is 4.46. The van der Waals surface area contributed by atoms with Crippen molar-refractivity contribution in [3.8, 4) is 6.07 Å². The number of hydrogen-bond donors (Lipinski definition) is 2. The van der Waals surface area contributed by atoms with Crippen LogP contribution in [-0.2, 0) is 6.54 Å². The first-order valence-corrected chi connectivity index (χ1v) is 4.47. The molecule has 76 valence electrons. The molecule has 0 atom stereocenters. The van der Waals surface area contributed by atoms with E-state index < -0.39 is 0 Å². The van der Waals surface area contributed by atoms with Gasteiger partial charge in [0.25, 0.3) is 0 Å². The Bertz CT molecular complexity index is 334. The predicted octanol–water partition coefficient (Wildman–Crippen LogP) is 0.594. The van der Waals surface area contributed by atoms with Gasteiger partial charge in [0.15, 0.2) is 0 Å². The maximum absolute atomic E-state index is 8.40. The Morgan fingerprint density at radius 3 is 2.93 bits per heavy atom. The van der Waals surface area contributed by atoms with Crippen molar-refractivity contribution in [1.29, 1.82) is 5.26 Å². The molecule has 0 saturated heterocycles. The molecule has 3 N–H and O–H groups in total. The maximum Gasteiger partial charge on any atom is 0.244 e. The molecule has 0 radical (unpaired) electrons. The van der Waals surface area contributed by atoms with Gasteiger partial charge in [-0.05, 0) is 13.8 Å². The number of anilines is 2. The van der Waals surface area contributed by atoms with E-state index in [0.29, 0.717) is 24.9 Å². The van der Waals surface area contributed by atoms with Crippen LogP contribution < -0.4 is 11.1 Å². The van der Waals surface area contributed by atoms with Crippen LogP contribution in [0.3, 0.4) is 0 Å². The quantitative estimate of drug-likeness (QED) is 0.732. The van der Waals surface area contributed by atoms with Crippen molar-refractivity contribution in [2.24, 2.45) is 0 Å². The predicted molar refractivity (Wildman–Crippen MR) is 53.4 cm³/mol. The van der Waals surface area contributed by atoms with Crippen LogP contribution in [0.2, 0.25) is 0 Å². The van der Waals surface area contributed by atoms with Crippen LogP contribution in [0, 0.1) is 11.3 Å². The fourth-order valence-corrected chi connectivity index (χ4v) is 0.994. The molecule has 0 fully saturated rings. The summed E-state index contributed by atoms with van der Waals surface area (Å²) < 4.78 is 1.52. The second-order valence-electron chi connectivity index (χ2n) is 3.22. The summed E-state index contributed by atoms with van der Waals surface area (Å²) in [4.78, 5) is 4.01. The third kappa shape index (κ3) is 2.62. The summed E-state index contributed by atoms with van der Waals surface area (Å²) in [7, 11) is 0. The summed E-state index contributed by atoms with van der Waals surface area (Å²) in [6, 6.07) is 2.29. The Balaban J connectivity index is 2.68. The average molecular weight is 194 g/mol. The molecule has 0 spiro atoms. The van der Waals surface area contributed by atoms with E-state index in [1.807, 2.05) is 19.9 Å². The zero-order valence-electron chi connectivity index (χ0n) is 8.36. The first-order valence-electron chi connectivity index (χ1n) is 4.47. The summed E-state index contributed by atoms with van der Waals surface area (Å²) in [5.74, 6) is 0.846. The zero-order chi connectivity index (χ0) is 10.6. The van der Waals surface area contributed by atoms with Crippen molar-refractivity contribution in [2.45, 2.75) is 32.9 Å². The molecule has 1 heterocycles. The summed E-state index contributed by atoms with van der Waals surface area (Å²) in [5, 5.41) is 15.5. The lowest BCUT2D eigenvalue weighted by Gasteiger charge is -2.03. The van der Waals surface area contributed by atoms with Gasteiger partial charge in [-0.25, -0.2) is 4.68 Å². The fourth-order valence-electron chi connectivity index (χ4n) is 0.994. The molecular weight excluding hydrogens is 180 g/mol. The van der Waals surface area contributed by atoms with Gasteiger partial charge in [0, 0.05) is 6.04 Å². The third-order valence-corrected chi connectivity index (χ3v) is 1.55. The standard InChI is InChI=1S/C8H14N6/c1-6(2)11-8-12-7(10)14(13-8)5-3-4-9/h6H,3,5H2,1-2H3,(H3,10,11,12,13). The molecule has 6 nitrogen and oxygen atoms in total. The number of nitrogens with one attached hydrogen (secondary N) is 1. The fraction of sp³-hybridized carbons (Fsp3) is 0.625. The smallest absolute Gasteiger partial charge is 0.244 e. The van der Waals surface area contributed by atoms with E-state index in [9.17, 15) is 0 Å². The topological polar surface area (TPSA) is 92.5 Å². The zero-order valence-corrected chi connectivity index (χ0v) is 8.36. The molecule has 1 aromatic heterocycles. The number of nitrogens with two attached hydrogens (primary N) is 1. The minimum absolute atomic E-state index is 0.265. The van der Waals surface area contributed by atoms with Gasteiger partial charge in [-0.15, -0.1) is 5.10 Å². The van der Waals surface area contributed by atoms with Crippen LogP contribution in [-0.4, -0.2) is 20.8 Å². The molecule has 0 aliphatic heterocycles. The van der Waals surface area contributed by atoms with Gasteiger partial charge in [-0.3, -0.25) is 0 Å². The Labute approximate surface area is 82.7 Å². The molecule has 1 aromatic rings. The van der Waals surface area contributed by atoms with Crippen LogP contribution in [0.25, 0.3) is 0 Å². The number of aromatic nitrogens is 3. The van der Waals surface area contributed by atoms with Crippen LogP contribution in [0.5, 0.6) is 0 Å². The van der Waals surface area contributed by atoms with Gasteiger partial charge in [0.2, 0.25) is 11.9 Å². The molecule has 0 amide bonds. The van der Waals surface area contributed by atoms with Crippen molar-refractivity contribution in [3.05, 3.63) is 0 Å². The highest BCUT2D eigenvalue weighted by Crippen LogP contribution is 2.06. The molecule has 0 unspecified atom stereocenters. The van der Waals surface area contributed by atoms with Crippen molar-refractivity contribution in [1.82, 2.24) is 14.8 Å². The first-order chi connectivity index (χ1) is 6.63. The Morgan fingerprint density at radius 2 is 2.36 bits per heavy atom. The molecule has 14 heavy (non-hydrogen) atoms. The van der Waals surface area contributed by atoms with Gasteiger partial charge in [-0.2, -0.15) is 10.2 Å². The maximum atomic E-state index is 8.40. The van der Waals surface area contributed by atoms with E-state index in [1.54, 1.807) is 0 Å². The lowest BCUT2D eigenvalue weighted by molar-refractivity contribution is 0.636. The van der Waals surface area contributed by atoms with Crippen LogP contribution >= 0.6 is 0 Å². The number of hydrogen-bond acceptors (Lipinski definition) is 5. The first kappa shape index (κ1) is 10.3. The third-order valence-electron chi connectivity index (χ3n) is 1.55. The highest BCUT2D eigenvalue weighted by molar-refractivity contribution is 5.31. The SMILES string of the molecule is CC(C)Nc1nc(N)n(CCC#N)n1. The number of nitriles is 1. The molecule has 1 rings (SSSR count). The van der Waals surface area contributed by atoms with Gasteiger partial charge < -0.3 is 11.1 Å². The van der Waals surface area contributed by atoms with Crippen molar-refractivity contribution in [3.63, 3.8) is 0 Å². The number of aryl methyl sites for hydroxylation is 1. The normalized spacial score (nSPS) is 10.1. The van der Waals surface area contributed by atoms with Gasteiger partial charge in [0.1, 0.15) is 0 Å². The average Bonchev–Trinajstić information content (AvgIpc) is 2.41. The van der Waals surface area contributed by atoms with E-state index in [2.05, 4.69) is 15.4 Å². The Hall–Kier alpha value is -1.77. The molecule has 0 saturated carbocycles. The molecular formula is C8H14N6.